The van der Waals surface area contributed by atoms with E-state index in [1.165, 1.54) is 16.3 Å². The molecule has 0 unspecified atom stereocenters. The van der Waals surface area contributed by atoms with Crippen LogP contribution in [0.15, 0.2) is 185 Å². The van der Waals surface area contributed by atoms with Crippen LogP contribution in [-0.4, -0.2) is 0 Å². The second kappa shape index (κ2) is 11.0. The molecule has 3 heteroatoms. The molecule has 0 atom stereocenters. The standard InChI is InChI=1S/C46H29NO2/c1-2-13-33(14-3-1)47(35-15-8-12-32(29-35)37-19-10-20-39-38-16-4-6-21-41(38)49-46(37)39)34-26-23-30(24-27-34)36-18-9-11-31-25-28-43-45(44(31)36)40-17-5-7-22-42(40)48-43/h1-29H. The molecule has 0 aliphatic carbocycles. The summed E-state index contributed by atoms with van der Waals surface area (Å²) in [6.07, 6.45) is 0. The number of benzene rings is 8. The number of furan rings is 2. The second-order valence-corrected chi connectivity index (χ2v) is 12.5. The Kier molecular flexibility index (Phi) is 6.18. The Morgan fingerprint density at radius 3 is 1.86 bits per heavy atom. The number of hydrogen-bond acceptors (Lipinski definition) is 3. The van der Waals surface area contributed by atoms with Gasteiger partial charge in [0.1, 0.15) is 22.3 Å². The molecule has 0 radical (unpaired) electrons. The van der Waals surface area contributed by atoms with Gasteiger partial charge in [-0.1, -0.05) is 121 Å². The predicted molar refractivity (Wildman–Crippen MR) is 204 cm³/mol. The topological polar surface area (TPSA) is 29.5 Å². The summed E-state index contributed by atoms with van der Waals surface area (Å²) in [5.74, 6) is 0. The van der Waals surface area contributed by atoms with Crippen LogP contribution in [0.5, 0.6) is 0 Å². The highest BCUT2D eigenvalue weighted by atomic mass is 16.3. The summed E-state index contributed by atoms with van der Waals surface area (Å²) in [5.41, 5.74) is 11.4. The molecule has 0 amide bonds. The number of anilines is 3. The lowest BCUT2D eigenvalue weighted by Gasteiger charge is -2.26. The Morgan fingerprint density at radius 2 is 1.00 bits per heavy atom. The fourth-order valence-electron chi connectivity index (χ4n) is 7.44. The van der Waals surface area contributed by atoms with E-state index in [1.54, 1.807) is 0 Å². The molecular weight excluding hydrogens is 599 g/mol. The summed E-state index contributed by atoms with van der Waals surface area (Å²) in [5, 5.41) is 6.97. The van der Waals surface area contributed by atoms with Crippen molar-refractivity contribution in [3.05, 3.63) is 176 Å². The van der Waals surface area contributed by atoms with Gasteiger partial charge in [-0.05, 0) is 76.7 Å². The first-order valence-electron chi connectivity index (χ1n) is 16.6. The van der Waals surface area contributed by atoms with Crippen LogP contribution in [0.3, 0.4) is 0 Å². The molecule has 3 nitrogen and oxygen atoms in total. The molecule has 2 heterocycles. The van der Waals surface area contributed by atoms with Gasteiger partial charge in [-0.25, -0.2) is 0 Å². The van der Waals surface area contributed by atoms with Crippen molar-refractivity contribution in [3.63, 3.8) is 0 Å². The summed E-state index contributed by atoms with van der Waals surface area (Å²) >= 11 is 0. The van der Waals surface area contributed by atoms with E-state index in [2.05, 4.69) is 157 Å². The third kappa shape index (κ3) is 4.44. The third-order valence-corrected chi connectivity index (χ3v) is 9.65. The Morgan fingerprint density at radius 1 is 0.347 bits per heavy atom. The first-order chi connectivity index (χ1) is 24.3. The number of rotatable bonds is 5. The third-order valence-electron chi connectivity index (χ3n) is 9.65. The minimum atomic E-state index is 0.903. The Bertz CT molecular complexity index is 2830. The van der Waals surface area contributed by atoms with Crippen LogP contribution in [0.2, 0.25) is 0 Å². The van der Waals surface area contributed by atoms with E-state index in [1.807, 2.05) is 24.3 Å². The molecule has 8 aromatic carbocycles. The van der Waals surface area contributed by atoms with Crippen LogP contribution < -0.4 is 4.90 Å². The van der Waals surface area contributed by atoms with Gasteiger partial charge < -0.3 is 13.7 Å². The summed E-state index contributed by atoms with van der Waals surface area (Å²) < 4.78 is 12.7. The van der Waals surface area contributed by atoms with Gasteiger partial charge in [-0.2, -0.15) is 0 Å². The first-order valence-corrected chi connectivity index (χ1v) is 16.6. The van der Waals surface area contributed by atoms with Gasteiger partial charge in [0, 0.05) is 49.6 Å². The van der Waals surface area contributed by atoms with Crippen LogP contribution in [0.25, 0.3) is 76.9 Å². The Labute approximate surface area is 282 Å². The second-order valence-electron chi connectivity index (χ2n) is 12.5. The van der Waals surface area contributed by atoms with Crippen molar-refractivity contribution >= 4 is 71.7 Å². The molecule has 49 heavy (non-hydrogen) atoms. The van der Waals surface area contributed by atoms with Crippen molar-refractivity contribution in [1.29, 1.82) is 0 Å². The van der Waals surface area contributed by atoms with Crippen molar-refractivity contribution in [2.45, 2.75) is 0 Å². The van der Waals surface area contributed by atoms with E-state index < -0.39 is 0 Å². The molecule has 2 aromatic heterocycles. The van der Waals surface area contributed by atoms with Crippen LogP contribution in [0.4, 0.5) is 17.1 Å². The van der Waals surface area contributed by atoms with E-state index in [0.29, 0.717) is 0 Å². The van der Waals surface area contributed by atoms with Gasteiger partial charge in [0.25, 0.3) is 0 Å². The predicted octanol–water partition coefficient (Wildman–Crippen LogP) is 13.4. The quantitative estimate of drug-likeness (QED) is 0.190. The molecule has 0 saturated carbocycles. The molecule has 0 aliphatic rings. The summed E-state index contributed by atoms with van der Waals surface area (Å²) in [4.78, 5) is 2.32. The lowest BCUT2D eigenvalue weighted by Crippen LogP contribution is -2.09. The number of fused-ring (bicyclic) bond motifs is 8. The van der Waals surface area contributed by atoms with E-state index in [0.717, 1.165) is 77.6 Å². The fourth-order valence-corrected chi connectivity index (χ4v) is 7.44. The van der Waals surface area contributed by atoms with Crippen molar-refractivity contribution < 1.29 is 8.83 Å². The number of nitrogens with zero attached hydrogens (tertiary/aromatic N) is 1. The van der Waals surface area contributed by atoms with Crippen molar-refractivity contribution in [3.8, 4) is 22.3 Å². The van der Waals surface area contributed by atoms with Gasteiger partial charge in [-0.3, -0.25) is 0 Å². The molecule has 0 bridgehead atoms. The minimum Gasteiger partial charge on any atom is -0.456 e. The summed E-state index contributed by atoms with van der Waals surface area (Å²) in [6.45, 7) is 0. The lowest BCUT2D eigenvalue weighted by atomic mass is 9.94. The Hall–Kier alpha value is -6.58. The van der Waals surface area contributed by atoms with E-state index in [9.17, 15) is 0 Å². The molecule has 0 saturated heterocycles. The van der Waals surface area contributed by atoms with Crippen LogP contribution >= 0.6 is 0 Å². The molecule has 0 aliphatic heterocycles. The highest BCUT2D eigenvalue weighted by Crippen LogP contribution is 2.42. The summed E-state index contributed by atoms with van der Waals surface area (Å²) in [6, 6.07) is 62.0. The normalized spacial score (nSPS) is 11.7. The van der Waals surface area contributed by atoms with Crippen molar-refractivity contribution in [2.24, 2.45) is 0 Å². The lowest BCUT2D eigenvalue weighted by molar-refractivity contribution is 0.669. The average Bonchev–Trinajstić information content (AvgIpc) is 3.74. The van der Waals surface area contributed by atoms with Crippen LogP contribution in [-0.2, 0) is 0 Å². The Balaban J connectivity index is 1.10. The van der Waals surface area contributed by atoms with Crippen molar-refractivity contribution in [1.82, 2.24) is 0 Å². The van der Waals surface area contributed by atoms with E-state index in [-0.39, 0.29) is 0 Å². The first kappa shape index (κ1) is 27.5. The van der Waals surface area contributed by atoms with Gasteiger partial charge in [-0.15, -0.1) is 0 Å². The molecule has 0 spiro atoms. The summed E-state index contributed by atoms with van der Waals surface area (Å²) in [7, 11) is 0. The molecule has 10 rings (SSSR count). The van der Waals surface area contributed by atoms with E-state index >= 15 is 0 Å². The zero-order valence-electron chi connectivity index (χ0n) is 26.5. The largest absolute Gasteiger partial charge is 0.456 e. The smallest absolute Gasteiger partial charge is 0.143 e. The fraction of sp³-hybridized carbons (Fsp3) is 0. The zero-order valence-corrected chi connectivity index (χ0v) is 26.5. The van der Waals surface area contributed by atoms with Gasteiger partial charge in [0.2, 0.25) is 0 Å². The van der Waals surface area contributed by atoms with Gasteiger partial charge in [0.05, 0.1) is 0 Å². The number of hydrogen-bond donors (Lipinski definition) is 0. The molecular formula is C46H29NO2. The SMILES string of the molecule is c1ccc(N(c2ccc(-c3cccc4ccc5oc6ccccc6c5c34)cc2)c2cccc(-c3cccc4c3oc3ccccc34)c2)cc1. The maximum atomic E-state index is 6.42. The molecule has 10 aromatic rings. The maximum absolute atomic E-state index is 6.42. The van der Waals surface area contributed by atoms with Gasteiger partial charge >= 0.3 is 0 Å². The maximum Gasteiger partial charge on any atom is 0.143 e. The van der Waals surface area contributed by atoms with Crippen LogP contribution in [0, 0.1) is 0 Å². The van der Waals surface area contributed by atoms with Gasteiger partial charge in [0.15, 0.2) is 0 Å². The molecule has 0 fully saturated rings. The minimum absolute atomic E-state index is 0.903. The highest BCUT2D eigenvalue weighted by molar-refractivity contribution is 6.22. The average molecular weight is 628 g/mol. The molecule has 0 N–H and O–H groups in total. The van der Waals surface area contributed by atoms with Crippen LogP contribution in [0.1, 0.15) is 0 Å². The number of para-hydroxylation sites is 4. The zero-order chi connectivity index (χ0) is 32.3. The van der Waals surface area contributed by atoms with E-state index in [4.69, 9.17) is 8.83 Å². The highest BCUT2D eigenvalue weighted by Gasteiger charge is 2.18. The monoisotopic (exact) mass is 627 g/mol. The van der Waals surface area contributed by atoms with Crippen molar-refractivity contribution in [2.75, 3.05) is 4.90 Å². The molecule has 230 valence electrons.